The second-order valence-corrected chi connectivity index (χ2v) is 8.16. The Morgan fingerprint density at radius 1 is 0.968 bits per heavy atom. The van der Waals surface area contributed by atoms with Gasteiger partial charge in [0.2, 0.25) is 11.8 Å². The van der Waals surface area contributed by atoms with Crippen LogP contribution in [0.3, 0.4) is 0 Å². The fraction of sp³-hybridized carbons (Fsp3) is 0.308. The molecule has 0 spiro atoms. The molecular formula is C26H29N3O2. The highest BCUT2D eigenvalue weighted by atomic mass is 16.2. The number of para-hydroxylation sites is 2. The number of nitrogens with zero attached hydrogens (tertiary/aromatic N) is 3. The summed E-state index contributed by atoms with van der Waals surface area (Å²) in [5.41, 5.74) is 5.11. The Labute approximate surface area is 183 Å². The quantitative estimate of drug-likeness (QED) is 0.577. The van der Waals surface area contributed by atoms with Crippen LogP contribution in [0.2, 0.25) is 0 Å². The van der Waals surface area contributed by atoms with Gasteiger partial charge in [-0.15, -0.1) is 0 Å². The molecular weight excluding hydrogens is 386 g/mol. The molecule has 0 fully saturated rings. The van der Waals surface area contributed by atoms with Gasteiger partial charge in [-0.3, -0.25) is 14.5 Å². The number of carbonyl (C=O) groups excluding carboxylic acids is 2. The van der Waals surface area contributed by atoms with Gasteiger partial charge in [0.15, 0.2) is 0 Å². The Kier molecular flexibility index (Phi) is 5.94. The molecule has 2 aromatic carbocycles. The van der Waals surface area contributed by atoms with Gasteiger partial charge >= 0.3 is 0 Å². The van der Waals surface area contributed by atoms with E-state index in [1.54, 1.807) is 4.90 Å². The summed E-state index contributed by atoms with van der Waals surface area (Å²) < 4.78 is 2.16. The van der Waals surface area contributed by atoms with Crippen LogP contribution in [0.15, 0.2) is 66.9 Å². The summed E-state index contributed by atoms with van der Waals surface area (Å²) in [4.78, 5) is 29.5. The second-order valence-electron chi connectivity index (χ2n) is 8.16. The van der Waals surface area contributed by atoms with Crippen molar-refractivity contribution in [2.24, 2.45) is 0 Å². The number of unbranched alkanes of at least 4 members (excludes halogenated alkanes) is 1. The Morgan fingerprint density at radius 2 is 1.68 bits per heavy atom. The zero-order chi connectivity index (χ0) is 22.0. The third kappa shape index (κ3) is 4.00. The summed E-state index contributed by atoms with van der Waals surface area (Å²) in [5, 5.41) is 0. The van der Waals surface area contributed by atoms with Gasteiger partial charge in [-0.1, -0.05) is 55.3 Å². The number of fused-ring (bicyclic) bond motifs is 3. The van der Waals surface area contributed by atoms with E-state index in [4.69, 9.17) is 0 Å². The number of aromatic nitrogens is 1. The van der Waals surface area contributed by atoms with Crippen LogP contribution in [-0.2, 0) is 9.59 Å². The molecule has 0 saturated heterocycles. The molecule has 5 nitrogen and oxygen atoms in total. The van der Waals surface area contributed by atoms with E-state index in [0.717, 1.165) is 35.5 Å². The molecule has 0 bridgehead atoms. The summed E-state index contributed by atoms with van der Waals surface area (Å²) >= 11 is 0. The molecule has 1 aliphatic rings. The smallest absolute Gasteiger partial charge is 0.247 e. The summed E-state index contributed by atoms with van der Waals surface area (Å²) in [6.07, 6.45) is 3.90. The molecule has 0 saturated carbocycles. The fourth-order valence-corrected chi connectivity index (χ4v) is 4.26. The number of aryl methyl sites for hydroxylation is 1. The van der Waals surface area contributed by atoms with Crippen LogP contribution in [0.5, 0.6) is 0 Å². The standard InChI is InChI=1S/C26H29N3O2/c1-4-5-16-27(20(3)30)18-25(31)29-23-10-7-6-9-22(23)28-17-8-11-24(28)26(29)21-14-12-19(2)13-15-21/h6-15,17,26H,4-5,16,18H2,1-3H3. The van der Waals surface area contributed by atoms with Crippen molar-refractivity contribution in [2.75, 3.05) is 18.0 Å². The lowest BCUT2D eigenvalue weighted by molar-refractivity contribution is -0.133. The fourth-order valence-electron chi connectivity index (χ4n) is 4.26. The van der Waals surface area contributed by atoms with E-state index in [1.807, 2.05) is 41.4 Å². The van der Waals surface area contributed by atoms with E-state index in [9.17, 15) is 9.59 Å². The first-order valence-corrected chi connectivity index (χ1v) is 10.9. The van der Waals surface area contributed by atoms with Gasteiger partial charge in [-0.25, -0.2) is 0 Å². The number of amides is 2. The first-order chi connectivity index (χ1) is 15.0. The van der Waals surface area contributed by atoms with Gasteiger partial charge in [0.05, 0.1) is 17.1 Å². The van der Waals surface area contributed by atoms with Crippen molar-refractivity contribution in [3.05, 3.63) is 83.7 Å². The zero-order valence-corrected chi connectivity index (χ0v) is 18.4. The van der Waals surface area contributed by atoms with Gasteiger partial charge in [0, 0.05) is 19.7 Å². The summed E-state index contributed by atoms with van der Waals surface area (Å²) in [6.45, 7) is 6.35. The maximum atomic E-state index is 13.7. The number of hydrogen-bond donors (Lipinski definition) is 0. The van der Waals surface area contributed by atoms with Crippen molar-refractivity contribution >= 4 is 17.5 Å². The van der Waals surface area contributed by atoms with E-state index in [-0.39, 0.29) is 24.4 Å². The number of rotatable bonds is 6. The topological polar surface area (TPSA) is 45.6 Å². The van der Waals surface area contributed by atoms with Gasteiger partial charge in [0.25, 0.3) is 0 Å². The minimum Gasteiger partial charge on any atom is -0.334 e. The summed E-state index contributed by atoms with van der Waals surface area (Å²) in [5.74, 6) is -0.140. The first-order valence-electron chi connectivity index (χ1n) is 10.9. The van der Waals surface area contributed by atoms with Gasteiger partial charge in [-0.2, -0.15) is 0 Å². The summed E-state index contributed by atoms with van der Waals surface area (Å²) in [7, 11) is 0. The SMILES string of the molecule is CCCCN(CC(=O)N1c2ccccc2-n2cccc2C1c1ccc(C)cc1)C(C)=O. The molecule has 160 valence electrons. The molecule has 2 amide bonds. The Bertz CT molecular complexity index is 1080. The molecule has 1 aliphatic heterocycles. The Morgan fingerprint density at radius 3 is 2.35 bits per heavy atom. The number of anilines is 1. The molecule has 0 radical (unpaired) electrons. The first kappa shape index (κ1) is 20.9. The lowest BCUT2D eigenvalue weighted by Crippen LogP contribution is -2.46. The van der Waals surface area contributed by atoms with E-state index in [2.05, 4.69) is 48.7 Å². The third-order valence-electron chi connectivity index (χ3n) is 5.93. The summed E-state index contributed by atoms with van der Waals surface area (Å²) in [6, 6.07) is 20.1. The monoisotopic (exact) mass is 415 g/mol. The van der Waals surface area contributed by atoms with E-state index < -0.39 is 0 Å². The number of carbonyl (C=O) groups is 2. The average Bonchev–Trinajstić information content (AvgIpc) is 3.26. The van der Waals surface area contributed by atoms with Crippen LogP contribution in [0.25, 0.3) is 5.69 Å². The van der Waals surface area contributed by atoms with Crippen LogP contribution >= 0.6 is 0 Å². The molecule has 31 heavy (non-hydrogen) atoms. The normalized spacial score (nSPS) is 14.7. The molecule has 1 aromatic heterocycles. The lowest BCUT2D eigenvalue weighted by Gasteiger charge is -2.39. The number of hydrogen-bond acceptors (Lipinski definition) is 2. The van der Waals surface area contributed by atoms with Crippen LogP contribution in [0.4, 0.5) is 5.69 Å². The van der Waals surface area contributed by atoms with E-state index in [1.165, 1.54) is 12.5 Å². The van der Waals surface area contributed by atoms with Crippen molar-refractivity contribution in [2.45, 2.75) is 39.7 Å². The number of benzene rings is 2. The van der Waals surface area contributed by atoms with Crippen LogP contribution < -0.4 is 4.90 Å². The largest absolute Gasteiger partial charge is 0.334 e. The lowest BCUT2D eigenvalue weighted by atomic mass is 9.97. The molecule has 1 atom stereocenters. The van der Waals surface area contributed by atoms with Gasteiger partial charge in [0.1, 0.15) is 12.6 Å². The van der Waals surface area contributed by atoms with Gasteiger partial charge in [-0.05, 0) is 43.2 Å². The maximum Gasteiger partial charge on any atom is 0.247 e. The van der Waals surface area contributed by atoms with Crippen LogP contribution in [0, 0.1) is 6.92 Å². The van der Waals surface area contributed by atoms with Crippen molar-refractivity contribution in [3.63, 3.8) is 0 Å². The van der Waals surface area contributed by atoms with Crippen molar-refractivity contribution in [3.8, 4) is 5.69 Å². The Hall–Kier alpha value is -3.34. The predicted molar refractivity (Wildman–Crippen MR) is 123 cm³/mol. The second kappa shape index (κ2) is 8.80. The van der Waals surface area contributed by atoms with Crippen LogP contribution in [0.1, 0.15) is 49.6 Å². The molecule has 0 aliphatic carbocycles. The Balaban J connectivity index is 1.79. The van der Waals surface area contributed by atoms with Crippen molar-refractivity contribution in [1.29, 1.82) is 0 Å². The zero-order valence-electron chi connectivity index (χ0n) is 18.4. The van der Waals surface area contributed by atoms with E-state index >= 15 is 0 Å². The predicted octanol–water partition coefficient (Wildman–Crippen LogP) is 4.87. The highest BCUT2D eigenvalue weighted by Crippen LogP contribution is 2.42. The highest BCUT2D eigenvalue weighted by Gasteiger charge is 2.36. The average molecular weight is 416 g/mol. The minimum absolute atomic E-state index is 0.0673. The van der Waals surface area contributed by atoms with Gasteiger partial charge < -0.3 is 9.47 Å². The van der Waals surface area contributed by atoms with Crippen molar-refractivity contribution < 1.29 is 9.59 Å². The minimum atomic E-state index is -0.252. The van der Waals surface area contributed by atoms with Crippen molar-refractivity contribution in [1.82, 2.24) is 9.47 Å². The molecule has 5 heteroatoms. The molecule has 0 N–H and O–H groups in total. The molecule has 4 rings (SSSR count). The molecule has 3 aromatic rings. The van der Waals surface area contributed by atoms with E-state index in [0.29, 0.717) is 6.54 Å². The maximum absolute atomic E-state index is 13.7. The molecule has 2 heterocycles. The molecule has 1 unspecified atom stereocenters. The van der Waals surface area contributed by atoms with Crippen LogP contribution in [-0.4, -0.2) is 34.4 Å². The third-order valence-corrected chi connectivity index (χ3v) is 5.93. The highest BCUT2D eigenvalue weighted by molar-refractivity contribution is 6.00.